The van der Waals surface area contributed by atoms with Crippen molar-refractivity contribution >= 4 is 11.9 Å². The summed E-state index contributed by atoms with van der Waals surface area (Å²) in [7, 11) is 1.51. The molecule has 1 unspecified atom stereocenters. The van der Waals surface area contributed by atoms with Gasteiger partial charge in [0.2, 0.25) is 5.91 Å². The van der Waals surface area contributed by atoms with Crippen LogP contribution in [-0.2, 0) is 14.3 Å². The summed E-state index contributed by atoms with van der Waals surface area (Å²) in [6.45, 7) is 1.16. The van der Waals surface area contributed by atoms with E-state index in [-0.39, 0.29) is 18.4 Å². The van der Waals surface area contributed by atoms with Crippen LogP contribution >= 0.6 is 0 Å². The Balaban J connectivity index is 2.30. The largest absolute Gasteiger partial charge is 0.480 e. The van der Waals surface area contributed by atoms with E-state index >= 15 is 0 Å². The maximum absolute atomic E-state index is 11.6. The Morgan fingerprint density at radius 2 is 2.27 bits per heavy atom. The smallest absolute Gasteiger partial charge is 0.323 e. The quantitative estimate of drug-likeness (QED) is 0.734. The molecule has 5 heteroatoms. The molecular weight excluding hydrogens is 198 g/mol. The van der Waals surface area contributed by atoms with Gasteiger partial charge >= 0.3 is 5.97 Å². The third-order valence-corrected chi connectivity index (χ3v) is 2.52. The third-order valence-electron chi connectivity index (χ3n) is 2.52. The van der Waals surface area contributed by atoms with Gasteiger partial charge in [-0.2, -0.15) is 0 Å². The summed E-state index contributed by atoms with van der Waals surface area (Å²) in [4.78, 5) is 23.2. The summed E-state index contributed by atoms with van der Waals surface area (Å²) in [5.41, 5.74) is 0. The Hall–Kier alpha value is -1.10. The number of likely N-dealkylation sites (N-methyl/N-ethyl adjacent to an activating group) is 1. The molecule has 1 aliphatic heterocycles. The van der Waals surface area contributed by atoms with E-state index in [1.165, 1.54) is 11.9 Å². The van der Waals surface area contributed by atoms with Crippen LogP contribution in [0.2, 0.25) is 0 Å². The lowest BCUT2D eigenvalue weighted by atomic mass is 9.98. The van der Waals surface area contributed by atoms with Gasteiger partial charge in [-0.05, 0) is 18.8 Å². The van der Waals surface area contributed by atoms with Crippen molar-refractivity contribution in [2.75, 3.05) is 26.8 Å². The molecule has 1 atom stereocenters. The minimum absolute atomic E-state index is 0.118. The molecule has 1 aliphatic rings. The van der Waals surface area contributed by atoms with Gasteiger partial charge in [0, 0.05) is 26.7 Å². The second-order valence-electron chi connectivity index (χ2n) is 3.93. The SMILES string of the molecule is CN(CC(=O)O)C(=O)CC1CCCOC1. The Kier molecular flexibility index (Phi) is 4.55. The molecule has 1 amide bonds. The fourth-order valence-corrected chi connectivity index (χ4v) is 1.66. The van der Waals surface area contributed by atoms with Gasteiger partial charge in [0.25, 0.3) is 0 Å². The number of aliphatic carboxylic acids is 1. The number of hydrogen-bond donors (Lipinski definition) is 1. The van der Waals surface area contributed by atoms with Gasteiger partial charge in [0.1, 0.15) is 6.54 Å². The first-order chi connectivity index (χ1) is 7.09. The Labute approximate surface area is 89.0 Å². The molecule has 15 heavy (non-hydrogen) atoms. The Morgan fingerprint density at radius 1 is 1.53 bits per heavy atom. The normalized spacial score (nSPS) is 21.0. The van der Waals surface area contributed by atoms with E-state index in [1.54, 1.807) is 0 Å². The van der Waals surface area contributed by atoms with Crippen LogP contribution in [0.3, 0.4) is 0 Å². The Bertz CT molecular complexity index is 236. The van der Waals surface area contributed by atoms with Crippen molar-refractivity contribution in [3.05, 3.63) is 0 Å². The highest BCUT2D eigenvalue weighted by Crippen LogP contribution is 2.17. The number of rotatable bonds is 4. The van der Waals surface area contributed by atoms with Crippen LogP contribution in [0.15, 0.2) is 0 Å². The molecule has 0 aliphatic carbocycles. The number of hydrogen-bond acceptors (Lipinski definition) is 3. The second-order valence-corrected chi connectivity index (χ2v) is 3.93. The fourth-order valence-electron chi connectivity index (χ4n) is 1.66. The van der Waals surface area contributed by atoms with Crippen LogP contribution in [0.4, 0.5) is 0 Å². The van der Waals surface area contributed by atoms with Crippen LogP contribution < -0.4 is 0 Å². The average molecular weight is 215 g/mol. The highest BCUT2D eigenvalue weighted by molar-refractivity contribution is 5.81. The predicted molar refractivity (Wildman–Crippen MR) is 53.4 cm³/mol. The maximum Gasteiger partial charge on any atom is 0.323 e. The van der Waals surface area contributed by atoms with E-state index in [0.717, 1.165) is 19.4 Å². The molecule has 1 fully saturated rings. The second kappa shape index (κ2) is 5.70. The molecule has 0 aromatic carbocycles. The molecule has 1 N–H and O–H groups in total. The van der Waals surface area contributed by atoms with Gasteiger partial charge in [-0.25, -0.2) is 0 Å². The van der Waals surface area contributed by atoms with E-state index in [9.17, 15) is 9.59 Å². The average Bonchev–Trinajstić information content (AvgIpc) is 2.18. The highest BCUT2D eigenvalue weighted by atomic mass is 16.5. The van der Waals surface area contributed by atoms with Gasteiger partial charge in [-0.3, -0.25) is 9.59 Å². The number of carbonyl (C=O) groups is 2. The molecule has 1 rings (SSSR count). The monoisotopic (exact) mass is 215 g/mol. The third kappa shape index (κ3) is 4.29. The van der Waals surface area contributed by atoms with Gasteiger partial charge in [0.05, 0.1) is 0 Å². The van der Waals surface area contributed by atoms with Crippen molar-refractivity contribution in [2.45, 2.75) is 19.3 Å². The fraction of sp³-hybridized carbons (Fsp3) is 0.800. The van der Waals surface area contributed by atoms with Gasteiger partial charge in [0.15, 0.2) is 0 Å². The molecule has 5 nitrogen and oxygen atoms in total. The lowest BCUT2D eigenvalue weighted by Crippen LogP contribution is -2.34. The van der Waals surface area contributed by atoms with E-state index in [1.807, 2.05) is 0 Å². The van der Waals surface area contributed by atoms with Crippen LogP contribution in [-0.4, -0.2) is 48.7 Å². The number of carboxylic acids is 1. The summed E-state index contributed by atoms with van der Waals surface area (Å²) in [6.07, 6.45) is 2.37. The van der Waals surface area contributed by atoms with Crippen molar-refractivity contribution in [3.63, 3.8) is 0 Å². The molecule has 0 saturated carbocycles. The van der Waals surface area contributed by atoms with Crippen LogP contribution in [0, 0.1) is 5.92 Å². The lowest BCUT2D eigenvalue weighted by Gasteiger charge is -2.23. The summed E-state index contributed by atoms with van der Waals surface area (Å²) in [6, 6.07) is 0. The van der Waals surface area contributed by atoms with Crippen molar-refractivity contribution in [3.8, 4) is 0 Å². The minimum Gasteiger partial charge on any atom is -0.480 e. The van der Waals surface area contributed by atoms with Crippen molar-refractivity contribution in [1.82, 2.24) is 4.90 Å². The Morgan fingerprint density at radius 3 is 2.80 bits per heavy atom. The molecule has 86 valence electrons. The molecule has 1 heterocycles. The first-order valence-corrected chi connectivity index (χ1v) is 5.13. The maximum atomic E-state index is 11.6. The first kappa shape index (κ1) is 12.0. The van der Waals surface area contributed by atoms with Crippen LogP contribution in [0.25, 0.3) is 0 Å². The molecule has 0 bridgehead atoms. The van der Waals surface area contributed by atoms with E-state index < -0.39 is 5.97 Å². The minimum atomic E-state index is -0.981. The van der Waals surface area contributed by atoms with Crippen molar-refractivity contribution in [1.29, 1.82) is 0 Å². The molecule has 1 saturated heterocycles. The van der Waals surface area contributed by atoms with Crippen LogP contribution in [0.1, 0.15) is 19.3 Å². The zero-order valence-electron chi connectivity index (χ0n) is 8.94. The summed E-state index contributed by atoms with van der Waals surface area (Å²) < 4.78 is 5.26. The zero-order chi connectivity index (χ0) is 11.3. The predicted octanol–water partition coefficient (Wildman–Crippen LogP) is 0.346. The van der Waals surface area contributed by atoms with E-state index in [2.05, 4.69) is 0 Å². The topological polar surface area (TPSA) is 66.8 Å². The van der Waals surface area contributed by atoms with Gasteiger partial charge < -0.3 is 14.7 Å². The molecule has 0 aromatic rings. The number of amides is 1. The summed E-state index contributed by atoms with van der Waals surface area (Å²) in [5, 5.41) is 8.52. The summed E-state index contributed by atoms with van der Waals surface area (Å²) >= 11 is 0. The molecule has 0 spiro atoms. The summed E-state index contributed by atoms with van der Waals surface area (Å²) in [5.74, 6) is -0.846. The highest BCUT2D eigenvalue weighted by Gasteiger charge is 2.20. The van der Waals surface area contributed by atoms with Gasteiger partial charge in [-0.1, -0.05) is 0 Å². The number of ether oxygens (including phenoxy) is 1. The number of carbonyl (C=O) groups excluding carboxylic acids is 1. The molecule has 0 radical (unpaired) electrons. The molecular formula is C10H17NO4. The number of carboxylic acid groups (broad SMARTS) is 1. The van der Waals surface area contributed by atoms with E-state index in [0.29, 0.717) is 13.0 Å². The first-order valence-electron chi connectivity index (χ1n) is 5.13. The van der Waals surface area contributed by atoms with Crippen molar-refractivity contribution in [2.24, 2.45) is 5.92 Å². The van der Waals surface area contributed by atoms with Crippen molar-refractivity contribution < 1.29 is 19.4 Å². The molecule has 0 aromatic heterocycles. The van der Waals surface area contributed by atoms with Gasteiger partial charge in [-0.15, -0.1) is 0 Å². The lowest BCUT2D eigenvalue weighted by molar-refractivity contribution is -0.144. The van der Waals surface area contributed by atoms with E-state index in [4.69, 9.17) is 9.84 Å². The van der Waals surface area contributed by atoms with Crippen LogP contribution in [0.5, 0.6) is 0 Å². The standard InChI is InChI=1S/C10H17NO4/c1-11(6-10(13)14)9(12)5-8-3-2-4-15-7-8/h8H,2-7H2,1H3,(H,13,14). The zero-order valence-corrected chi connectivity index (χ0v) is 8.94. The number of nitrogens with zero attached hydrogens (tertiary/aromatic N) is 1.